The van der Waals surface area contributed by atoms with E-state index in [1.54, 1.807) is 12.3 Å². The Balaban J connectivity index is 2.20. The lowest BCUT2D eigenvalue weighted by Crippen LogP contribution is -1.91. The number of hydrogen-bond donors (Lipinski definition) is 0. The van der Waals surface area contributed by atoms with Crippen LogP contribution in [-0.4, -0.2) is 4.98 Å². The van der Waals surface area contributed by atoms with E-state index in [-0.39, 0.29) is 0 Å². The Morgan fingerprint density at radius 3 is 2.50 bits per heavy atom. The van der Waals surface area contributed by atoms with E-state index in [4.69, 9.17) is 23.2 Å². The van der Waals surface area contributed by atoms with Crippen molar-refractivity contribution in [2.45, 2.75) is 6.42 Å². The Morgan fingerprint density at radius 2 is 1.88 bits per heavy atom. The lowest BCUT2D eigenvalue weighted by atomic mass is 10.1. The van der Waals surface area contributed by atoms with E-state index in [1.807, 2.05) is 24.3 Å². The maximum Gasteiger partial charge on any atom is 0.0595 e. The van der Waals surface area contributed by atoms with Gasteiger partial charge in [-0.05, 0) is 45.8 Å². The number of nitrogens with zero attached hydrogens (tertiary/aromatic N) is 1. The molecule has 0 aliphatic carbocycles. The zero-order valence-electron chi connectivity index (χ0n) is 8.25. The summed E-state index contributed by atoms with van der Waals surface area (Å²) in [7, 11) is 0. The third-order valence-electron chi connectivity index (χ3n) is 2.16. The summed E-state index contributed by atoms with van der Waals surface area (Å²) in [5, 5.41) is 1.16. The van der Waals surface area contributed by atoms with Crippen LogP contribution in [0.1, 0.15) is 11.3 Å². The van der Waals surface area contributed by atoms with Crippen LogP contribution >= 0.6 is 39.1 Å². The van der Waals surface area contributed by atoms with Gasteiger partial charge in [0.2, 0.25) is 0 Å². The maximum atomic E-state index is 5.95. The molecule has 2 rings (SSSR count). The summed E-state index contributed by atoms with van der Waals surface area (Å²) >= 11 is 15.1. The molecule has 0 bridgehead atoms. The van der Waals surface area contributed by atoms with Gasteiger partial charge in [0, 0.05) is 22.8 Å². The van der Waals surface area contributed by atoms with E-state index in [2.05, 4.69) is 20.9 Å². The van der Waals surface area contributed by atoms with E-state index < -0.39 is 0 Å². The normalized spacial score (nSPS) is 10.4. The molecule has 0 aliphatic heterocycles. The molecule has 2 aromatic rings. The van der Waals surface area contributed by atoms with Crippen LogP contribution in [0.4, 0.5) is 0 Å². The molecular weight excluding hydrogens is 309 g/mol. The molecule has 0 amide bonds. The molecule has 0 aliphatic rings. The topological polar surface area (TPSA) is 12.9 Å². The first-order valence-corrected chi connectivity index (χ1v) is 6.24. The summed E-state index contributed by atoms with van der Waals surface area (Å²) in [6.45, 7) is 0. The fourth-order valence-corrected chi connectivity index (χ4v) is 1.92. The summed E-state index contributed by atoms with van der Waals surface area (Å²) < 4.78 is 0.977. The van der Waals surface area contributed by atoms with Crippen LogP contribution in [0.3, 0.4) is 0 Å². The molecule has 0 saturated heterocycles. The maximum absolute atomic E-state index is 5.95. The van der Waals surface area contributed by atoms with E-state index in [0.717, 1.165) is 22.2 Å². The average Bonchev–Trinajstić information content (AvgIpc) is 2.27. The van der Waals surface area contributed by atoms with Crippen LogP contribution in [0.5, 0.6) is 0 Å². The van der Waals surface area contributed by atoms with Crippen molar-refractivity contribution < 1.29 is 0 Å². The van der Waals surface area contributed by atoms with Crippen LogP contribution in [0.15, 0.2) is 41.0 Å². The predicted octanol–water partition coefficient (Wildman–Crippen LogP) is 4.74. The third-order valence-corrected chi connectivity index (χ3v) is 3.37. The largest absolute Gasteiger partial charge is 0.260 e. The van der Waals surface area contributed by atoms with Gasteiger partial charge in [-0.3, -0.25) is 4.98 Å². The highest BCUT2D eigenvalue weighted by atomic mass is 79.9. The molecule has 1 aromatic carbocycles. The van der Waals surface area contributed by atoms with Crippen molar-refractivity contribution in [1.29, 1.82) is 0 Å². The molecule has 82 valence electrons. The summed E-state index contributed by atoms with van der Waals surface area (Å²) in [6, 6.07) is 9.58. The first-order valence-electron chi connectivity index (χ1n) is 4.69. The second-order valence-corrected chi connectivity index (χ2v) is 5.12. The molecule has 0 unspecified atom stereocenters. The van der Waals surface area contributed by atoms with E-state index >= 15 is 0 Å². The van der Waals surface area contributed by atoms with Crippen LogP contribution in [0.25, 0.3) is 0 Å². The third kappa shape index (κ3) is 2.97. The molecule has 0 N–H and O–H groups in total. The van der Waals surface area contributed by atoms with Crippen LogP contribution in [-0.2, 0) is 6.42 Å². The quantitative estimate of drug-likeness (QED) is 0.779. The fraction of sp³-hybridized carbons (Fsp3) is 0.0833. The minimum Gasteiger partial charge on any atom is -0.260 e. The number of hydrogen-bond acceptors (Lipinski definition) is 1. The molecule has 0 fully saturated rings. The van der Waals surface area contributed by atoms with Crippen molar-refractivity contribution in [3.8, 4) is 0 Å². The number of rotatable bonds is 2. The second-order valence-electron chi connectivity index (χ2n) is 3.39. The number of pyridine rings is 1. The predicted molar refractivity (Wildman–Crippen MR) is 71.2 cm³/mol. The first kappa shape index (κ1) is 11.9. The molecule has 0 saturated carbocycles. The van der Waals surface area contributed by atoms with Crippen LogP contribution in [0, 0.1) is 0 Å². The number of benzene rings is 1. The van der Waals surface area contributed by atoms with Crippen LogP contribution in [0.2, 0.25) is 10.0 Å². The van der Waals surface area contributed by atoms with Crippen molar-refractivity contribution in [2.75, 3.05) is 0 Å². The average molecular weight is 317 g/mol. The summed E-state index contributed by atoms with van der Waals surface area (Å²) in [5.41, 5.74) is 2.10. The van der Waals surface area contributed by atoms with E-state index in [0.29, 0.717) is 10.0 Å². The van der Waals surface area contributed by atoms with Gasteiger partial charge in [-0.1, -0.05) is 29.3 Å². The lowest BCUT2D eigenvalue weighted by Gasteiger charge is -2.03. The molecule has 1 nitrogen and oxygen atoms in total. The minimum atomic E-state index is 0.578. The van der Waals surface area contributed by atoms with Gasteiger partial charge >= 0.3 is 0 Å². The highest BCUT2D eigenvalue weighted by Gasteiger charge is 2.01. The Hall–Kier alpha value is -0.570. The Morgan fingerprint density at radius 1 is 1.06 bits per heavy atom. The lowest BCUT2D eigenvalue weighted by molar-refractivity contribution is 1.07. The van der Waals surface area contributed by atoms with Crippen molar-refractivity contribution in [3.63, 3.8) is 0 Å². The van der Waals surface area contributed by atoms with Gasteiger partial charge in [0.05, 0.1) is 10.0 Å². The van der Waals surface area contributed by atoms with Crippen molar-refractivity contribution in [1.82, 2.24) is 4.98 Å². The molecule has 0 radical (unpaired) electrons. The molecule has 1 aromatic heterocycles. The zero-order chi connectivity index (χ0) is 11.5. The highest BCUT2D eigenvalue weighted by Crippen LogP contribution is 2.23. The summed E-state index contributed by atoms with van der Waals surface area (Å²) in [6.07, 6.45) is 2.54. The van der Waals surface area contributed by atoms with Gasteiger partial charge in [-0.2, -0.15) is 0 Å². The molecule has 1 heterocycles. The fourth-order valence-electron chi connectivity index (χ4n) is 1.37. The Labute approximate surface area is 113 Å². The van der Waals surface area contributed by atoms with Gasteiger partial charge < -0.3 is 0 Å². The summed E-state index contributed by atoms with van der Waals surface area (Å²) in [4.78, 5) is 4.30. The van der Waals surface area contributed by atoms with Gasteiger partial charge in [0.1, 0.15) is 0 Å². The summed E-state index contributed by atoms with van der Waals surface area (Å²) in [5.74, 6) is 0. The van der Waals surface area contributed by atoms with Gasteiger partial charge in [-0.15, -0.1) is 0 Å². The molecule has 0 spiro atoms. The van der Waals surface area contributed by atoms with Gasteiger partial charge in [0.25, 0.3) is 0 Å². The van der Waals surface area contributed by atoms with Gasteiger partial charge in [-0.25, -0.2) is 0 Å². The monoisotopic (exact) mass is 315 g/mol. The molecule has 16 heavy (non-hydrogen) atoms. The van der Waals surface area contributed by atoms with E-state index in [1.165, 1.54) is 0 Å². The number of aromatic nitrogens is 1. The van der Waals surface area contributed by atoms with Crippen molar-refractivity contribution >= 4 is 39.1 Å². The minimum absolute atomic E-state index is 0.578. The van der Waals surface area contributed by atoms with Gasteiger partial charge in [0.15, 0.2) is 0 Å². The van der Waals surface area contributed by atoms with Crippen molar-refractivity contribution in [2.24, 2.45) is 0 Å². The standard InChI is InChI=1S/C12H8BrCl2N/c13-9-2-3-10(16-7-9)5-8-1-4-11(14)12(15)6-8/h1-4,6-7H,5H2. The molecule has 0 atom stereocenters. The first-order chi connectivity index (χ1) is 7.65. The number of halogens is 3. The smallest absolute Gasteiger partial charge is 0.0595 e. The van der Waals surface area contributed by atoms with Crippen LogP contribution < -0.4 is 0 Å². The SMILES string of the molecule is Clc1ccc(Cc2ccc(Br)cn2)cc1Cl. The Bertz CT molecular complexity index is 497. The van der Waals surface area contributed by atoms with Crippen molar-refractivity contribution in [3.05, 3.63) is 62.3 Å². The second kappa shape index (κ2) is 5.17. The highest BCUT2D eigenvalue weighted by molar-refractivity contribution is 9.10. The molecular formula is C12H8BrCl2N. The van der Waals surface area contributed by atoms with E-state index in [9.17, 15) is 0 Å². The molecule has 4 heteroatoms. The zero-order valence-corrected chi connectivity index (χ0v) is 11.4. The Kier molecular flexibility index (Phi) is 3.85.